The summed E-state index contributed by atoms with van der Waals surface area (Å²) >= 11 is 4.40. The van der Waals surface area contributed by atoms with Crippen molar-refractivity contribution in [1.29, 1.82) is 0 Å². The fraction of sp³-hybridized carbons (Fsp3) is 0. The molecule has 1 nitrogen and oxygen atoms in total. The van der Waals surface area contributed by atoms with Crippen molar-refractivity contribution in [2.24, 2.45) is 0 Å². The van der Waals surface area contributed by atoms with E-state index in [1.165, 1.54) is 0 Å². The number of hydrogen-bond acceptors (Lipinski definition) is 1. The zero-order valence-corrected chi connectivity index (χ0v) is 10.9. The van der Waals surface area contributed by atoms with Gasteiger partial charge >= 0.3 is 78.4 Å². The monoisotopic (exact) mass is 331 g/mol. The van der Waals surface area contributed by atoms with Crippen molar-refractivity contribution in [3.8, 4) is 5.75 Å². The molecule has 0 bridgehead atoms. The molecule has 1 rings (SSSR count). The summed E-state index contributed by atoms with van der Waals surface area (Å²) in [5, 5.41) is 0. The largest absolute Gasteiger partial charge is 1.00 e. The normalized spacial score (nSPS) is 7.55. The summed E-state index contributed by atoms with van der Waals surface area (Å²) in [6, 6.07) is 7.79. The van der Waals surface area contributed by atoms with Gasteiger partial charge in [-0.15, -0.1) is 0 Å². The first-order valence-corrected chi connectivity index (χ1v) is 4.22. The number of hydrogen-bond donors (Lipinski definition) is 0. The van der Waals surface area contributed by atoms with Gasteiger partial charge in [0.05, 0.1) is 0 Å². The van der Waals surface area contributed by atoms with E-state index in [-0.39, 0.29) is 24.8 Å². The Labute approximate surface area is 102 Å². The van der Waals surface area contributed by atoms with E-state index >= 15 is 0 Å². The van der Waals surface area contributed by atoms with Gasteiger partial charge in [0.2, 0.25) is 0 Å². The molecule has 0 radical (unpaired) electrons. The van der Waals surface area contributed by atoms with Crippen LogP contribution < -0.4 is 27.6 Å². The summed E-state index contributed by atoms with van der Waals surface area (Å²) in [5.74, 6) is 0.919. The maximum absolute atomic E-state index is 5.06. The quantitative estimate of drug-likeness (QED) is 0.514. The van der Waals surface area contributed by atoms with Crippen LogP contribution in [0.25, 0.3) is 0 Å². The Morgan fingerprint density at radius 2 is 1.91 bits per heavy atom. The fourth-order valence-corrected chi connectivity index (χ4v) is 1.22. The van der Waals surface area contributed by atoms with Crippen molar-refractivity contribution in [2.75, 3.05) is 0 Å². The van der Waals surface area contributed by atoms with Crippen molar-refractivity contribution in [1.82, 2.24) is 0 Å². The summed E-state index contributed by atoms with van der Waals surface area (Å²) in [6.45, 7) is 0. The van der Waals surface area contributed by atoms with Crippen LogP contribution in [-0.2, 0) is 25.2 Å². The Hall–Kier alpha value is 0.963. The maximum atomic E-state index is 5.06. The summed E-state index contributed by atoms with van der Waals surface area (Å²) in [6.07, 6.45) is 0. The third kappa shape index (κ3) is 5.24. The van der Waals surface area contributed by atoms with Gasteiger partial charge in [-0.25, -0.2) is 0 Å². The summed E-state index contributed by atoms with van der Waals surface area (Å²) in [4.78, 5) is 0. The smallest absolute Gasteiger partial charge is 1.00 e. The van der Waals surface area contributed by atoms with Crippen molar-refractivity contribution < 1.29 is 52.8 Å². The van der Waals surface area contributed by atoms with Gasteiger partial charge in [0.25, 0.3) is 0 Å². The van der Waals surface area contributed by atoms with E-state index in [0.29, 0.717) is 0 Å². The van der Waals surface area contributed by atoms with E-state index in [4.69, 9.17) is 2.81 Å². The van der Waals surface area contributed by atoms with Crippen molar-refractivity contribution >= 4 is 15.9 Å². The SMILES string of the molecule is Brc1cccc([O][Zr+2])c1.[Cl-].[Cl-]. The summed E-state index contributed by atoms with van der Waals surface area (Å²) < 4.78 is 6.11. The summed E-state index contributed by atoms with van der Waals surface area (Å²) in [5.41, 5.74) is 0. The zero-order chi connectivity index (χ0) is 6.69. The zero-order valence-electron chi connectivity index (χ0n) is 5.35. The van der Waals surface area contributed by atoms with Gasteiger partial charge in [0.1, 0.15) is 0 Å². The maximum Gasteiger partial charge on any atom is -1.00 e. The van der Waals surface area contributed by atoms with Gasteiger partial charge in [0.15, 0.2) is 0 Å². The first-order chi connectivity index (χ1) is 4.33. The molecule has 0 fully saturated rings. The molecule has 0 aliphatic carbocycles. The molecule has 0 spiro atoms. The molecule has 5 heteroatoms. The molecule has 1 aromatic rings. The van der Waals surface area contributed by atoms with Crippen LogP contribution in [0.4, 0.5) is 0 Å². The van der Waals surface area contributed by atoms with E-state index in [1.807, 2.05) is 24.3 Å². The second-order valence-corrected chi connectivity index (χ2v) is 2.98. The van der Waals surface area contributed by atoms with Crippen molar-refractivity contribution in [3.63, 3.8) is 0 Å². The second-order valence-electron chi connectivity index (χ2n) is 1.56. The number of benzene rings is 1. The Balaban J connectivity index is 0. The molecule has 11 heavy (non-hydrogen) atoms. The van der Waals surface area contributed by atoms with E-state index in [1.54, 1.807) is 0 Å². The van der Waals surface area contributed by atoms with E-state index in [2.05, 4.69) is 15.9 Å². The van der Waals surface area contributed by atoms with E-state index < -0.39 is 0 Å². The molecule has 0 unspecified atom stereocenters. The molecule has 0 saturated carbocycles. The van der Waals surface area contributed by atoms with Crippen LogP contribution in [0.1, 0.15) is 0 Å². The molecule has 0 N–H and O–H groups in total. The molecule has 0 aliphatic heterocycles. The molecule has 0 amide bonds. The topological polar surface area (TPSA) is 9.23 Å². The number of rotatable bonds is 1. The van der Waals surface area contributed by atoms with Crippen LogP contribution in [0.3, 0.4) is 0 Å². The molecule has 0 heterocycles. The van der Waals surface area contributed by atoms with Crippen LogP contribution >= 0.6 is 15.9 Å². The molecular formula is C6H4BrCl2OZr. The Kier molecular flexibility index (Phi) is 10.0. The van der Waals surface area contributed by atoms with Gasteiger partial charge in [-0.3, -0.25) is 0 Å². The minimum Gasteiger partial charge on any atom is -1.00 e. The molecular weight excluding hydrogens is 330 g/mol. The van der Waals surface area contributed by atoms with Gasteiger partial charge < -0.3 is 24.8 Å². The minimum atomic E-state index is 0. The molecule has 0 aromatic heterocycles. The van der Waals surface area contributed by atoms with Crippen molar-refractivity contribution in [3.05, 3.63) is 28.7 Å². The first-order valence-electron chi connectivity index (χ1n) is 2.42. The average Bonchev–Trinajstić information content (AvgIpc) is 1.88. The Morgan fingerprint density at radius 3 is 2.27 bits per heavy atom. The molecule has 0 atom stereocenters. The second kappa shape index (κ2) is 7.60. The van der Waals surface area contributed by atoms with Gasteiger partial charge in [-0.1, -0.05) is 0 Å². The molecule has 0 saturated heterocycles. The third-order valence-corrected chi connectivity index (χ3v) is 1.99. The molecule has 59 valence electrons. The molecule has 0 aliphatic rings. The summed E-state index contributed by atoms with van der Waals surface area (Å²) in [7, 11) is 0. The van der Waals surface area contributed by atoms with E-state index in [9.17, 15) is 0 Å². The van der Waals surface area contributed by atoms with Gasteiger partial charge in [-0.05, 0) is 0 Å². The van der Waals surface area contributed by atoms with Crippen molar-refractivity contribution in [2.45, 2.75) is 0 Å². The van der Waals surface area contributed by atoms with Crippen LogP contribution in [0.5, 0.6) is 5.75 Å². The van der Waals surface area contributed by atoms with Crippen LogP contribution in [0.15, 0.2) is 28.7 Å². The standard InChI is InChI=1S/C6H5BrO.2ClH.Zr/c7-5-2-1-3-6(8)4-5;;;/h1-4,8H;2*1H;/q;;;+3/p-3. The molecule has 1 aromatic carbocycles. The number of halogens is 3. The van der Waals surface area contributed by atoms with Crippen LogP contribution in [-0.4, -0.2) is 0 Å². The van der Waals surface area contributed by atoms with Crippen LogP contribution in [0.2, 0.25) is 0 Å². The fourth-order valence-electron chi connectivity index (χ4n) is 0.530. The van der Waals surface area contributed by atoms with Gasteiger partial charge in [-0.2, -0.15) is 0 Å². The minimum absolute atomic E-state index is 0. The average molecular weight is 334 g/mol. The Morgan fingerprint density at radius 1 is 1.27 bits per heavy atom. The first kappa shape index (κ1) is 14.5. The third-order valence-electron chi connectivity index (χ3n) is 0.914. The van der Waals surface area contributed by atoms with E-state index in [0.717, 1.165) is 35.4 Å². The predicted octanol–water partition coefficient (Wildman–Crippen LogP) is -3.70. The Bertz CT molecular complexity index is 210. The predicted molar refractivity (Wildman–Crippen MR) is 34.8 cm³/mol. The van der Waals surface area contributed by atoms with Gasteiger partial charge in [0, 0.05) is 0 Å². The van der Waals surface area contributed by atoms with Crippen LogP contribution in [0, 0.1) is 0 Å².